The summed E-state index contributed by atoms with van der Waals surface area (Å²) in [5.74, 6) is 2.13. The van der Waals surface area contributed by atoms with Gasteiger partial charge in [-0.05, 0) is 23.8 Å². The second-order valence-electron chi connectivity index (χ2n) is 5.05. The molecule has 112 valence electrons. The number of benzene rings is 1. The smallest absolute Gasteiger partial charge is 0.146 e. The van der Waals surface area contributed by atoms with Gasteiger partial charge in [-0.25, -0.2) is 4.39 Å². The van der Waals surface area contributed by atoms with E-state index in [-0.39, 0.29) is 5.82 Å². The minimum absolute atomic E-state index is 0.129. The van der Waals surface area contributed by atoms with Crippen LogP contribution < -0.4 is 10.2 Å². The second-order valence-corrected chi connectivity index (χ2v) is 6.20. The van der Waals surface area contributed by atoms with Gasteiger partial charge in [-0.2, -0.15) is 11.8 Å². The Bertz CT molecular complexity index is 424. The average molecular weight is 298 g/mol. The molecular weight excluding hydrogens is 275 g/mol. The van der Waals surface area contributed by atoms with Crippen LogP contribution in [0, 0.1) is 5.82 Å². The van der Waals surface area contributed by atoms with Crippen molar-refractivity contribution in [2.24, 2.45) is 0 Å². The van der Waals surface area contributed by atoms with Crippen LogP contribution in [-0.2, 0) is 11.3 Å². The van der Waals surface area contributed by atoms with Crippen LogP contribution in [0.2, 0.25) is 0 Å². The van der Waals surface area contributed by atoms with Crippen molar-refractivity contribution in [3.63, 3.8) is 0 Å². The number of methoxy groups -OCH3 is 1. The Morgan fingerprint density at radius 3 is 3.05 bits per heavy atom. The summed E-state index contributed by atoms with van der Waals surface area (Å²) in [6.45, 7) is 2.11. The van der Waals surface area contributed by atoms with Gasteiger partial charge >= 0.3 is 0 Å². The van der Waals surface area contributed by atoms with Gasteiger partial charge in [-0.1, -0.05) is 12.1 Å². The first-order chi connectivity index (χ1) is 9.74. The summed E-state index contributed by atoms with van der Waals surface area (Å²) in [7, 11) is 3.69. The summed E-state index contributed by atoms with van der Waals surface area (Å²) in [5.41, 5.74) is 1.76. The largest absolute Gasteiger partial charge is 0.383 e. The zero-order valence-corrected chi connectivity index (χ0v) is 13.0. The predicted molar refractivity (Wildman–Crippen MR) is 84.1 cm³/mol. The summed E-state index contributed by atoms with van der Waals surface area (Å²) >= 11 is 1.95. The second kappa shape index (κ2) is 7.86. The zero-order chi connectivity index (χ0) is 14.4. The maximum absolute atomic E-state index is 14.2. The number of ether oxygens (including phenoxy) is 1. The van der Waals surface area contributed by atoms with E-state index in [4.69, 9.17) is 4.74 Å². The standard InChI is InChI=1S/C15H23FN2OS/c1-18(13-6-9-20-11-13)15-12(4-3-5-14(15)16)10-17-7-8-19-2/h3-5,13,17H,6-11H2,1-2H3. The molecule has 1 aromatic carbocycles. The Morgan fingerprint density at radius 2 is 2.35 bits per heavy atom. The quantitative estimate of drug-likeness (QED) is 0.782. The number of thioether (sulfide) groups is 1. The van der Waals surface area contributed by atoms with Crippen molar-refractivity contribution in [2.45, 2.75) is 19.0 Å². The number of hydrogen-bond acceptors (Lipinski definition) is 4. The molecule has 0 spiro atoms. The van der Waals surface area contributed by atoms with Crippen molar-refractivity contribution in [2.75, 3.05) is 43.7 Å². The molecule has 1 heterocycles. The fraction of sp³-hybridized carbons (Fsp3) is 0.600. The molecule has 0 aromatic heterocycles. The molecule has 0 saturated carbocycles. The SMILES string of the molecule is COCCNCc1cccc(F)c1N(C)C1CCSC1. The maximum Gasteiger partial charge on any atom is 0.146 e. The highest BCUT2D eigenvalue weighted by molar-refractivity contribution is 7.99. The van der Waals surface area contributed by atoms with Crippen LogP contribution in [0.15, 0.2) is 18.2 Å². The first-order valence-corrected chi connectivity index (χ1v) is 8.17. The topological polar surface area (TPSA) is 24.5 Å². The third kappa shape index (κ3) is 3.87. The molecular formula is C15H23FN2OS. The molecule has 20 heavy (non-hydrogen) atoms. The van der Waals surface area contributed by atoms with E-state index in [1.165, 1.54) is 5.75 Å². The first kappa shape index (κ1) is 15.6. The number of anilines is 1. The van der Waals surface area contributed by atoms with Crippen LogP contribution in [-0.4, -0.2) is 44.9 Å². The average Bonchev–Trinajstić information content (AvgIpc) is 2.97. The van der Waals surface area contributed by atoms with Gasteiger partial charge in [0, 0.05) is 39.0 Å². The van der Waals surface area contributed by atoms with Crippen LogP contribution in [0.4, 0.5) is 10.1 Å². The summed E-state index contributed by atoms with van der Waals surface area (Å²) in [6.07, 6.45) is 1.13. The van der Waals surface area contributed by atoms with Crippen molar-refractivity contribution in [3.05, 3.63) is 29.6 Å². The van der Waals surface area contributed by atoms with Crippen LogP contribution in [0.5, 0.6) is 0 Å². The lowest BCUT2D eigenvalue weighted by atomic mass is 10.1. The Morgan fingerprint density at radius 1 is 1.50 bits per heavy atom. The zero-order valence-electron chi connectivity index (χ0n) is 12.2. The Labute approximate surface area is 124 Å². The highest BCUT2D eigenvalue weighted by Crippen LogP contribution is 2.30. The molecule has 1 aliphatic rings. The molecule has 1 fully saturated rings. The van der Waals surface area contributed by atoms with Gasteiger partial charge in [-0.15, -0.1) is 0 Å². The van der Waals surface area contributed by atoms with Gasteiger partial charge in [0.15, 0.2) is 0 Å². The molecule has 1 aromatic rings. The van der Waals surface area contributed by atoms with E-state index in [1.54, 1.807) is 19.2 Å². The number of halogens is 1. The van der Waals surface area contributed by atoms with Gasteiger partial charge in [0.2, 0.25) is 0 Å². The van der Waals surface area contributed by atoms with Gasteiger partial charge in [0.05, 0.1) is 12.3 Å². The monoisotopic (exact) mass is 298 g/mol. The normalized spacial score (nSPS) is 18.4. The van der Waals surface area contributed by atoms with E-state index in [9.17, 15) is 4.39 Å². The predicted octanol–water partition coefficient (Wildman–Crippen LogP) is 2.50. The highest BCUT2D eigenvalue weighted by Gasteiger charge is 2.23. The summed E-state index contributed by atoms with van der Waals surface area (Å²) < 4.78 is 19.2. The molecule has 1 saturated heterocycles. The Balaban J connectivity index is 2.08. The van der Waals surface area contributed by atoms with Crippen LogP contribution in [0.3, 0.4) is 0 Å². The summed E-state index contributed by atoms with van der Waals surface area (Å²) in [4.78, 5) is 2.11. The lowest BCUT2D eigenvalue weighted by Gasteiger charge is -2.28. The molecule has 1 atom stereocenters. The number of hydrogen-bond donors (Lipinski definition) is 1. The van der Waals surface area contributed by atoms with E-state index in [1.807, 2.05) is 24.9 Å². The number of nitrogens with one attached hydrogen (secondary N) is 1. The van der Waals surface area contributed by atoms with Crippen molar-refractivity contribution >= 4 is 17.4 Å². The van der Waals surface area contributed by atoms with E-state index in [0.717, 1.165) is 30.0 Å². The Hall–Kier alpha value is -0.780. The highest BCUT2D eigenvalue weighted by atomic mass is 32.2. The van der Waals surface area contributed by atoms with Gasteiger partial charge < -0.3 is 15.0 Å². The number of para-hydroxylation sites is 1. The van der Waals surface area contributed by atoms with Crippen LogP contribution >= 0.6 is 11.8 Å². The fourth-order valence-electron chi connectivity index (χ4n) is 2.51. The van der Waals surface area contributed by atoms with Gasteiger partial charge in [0.1, 0.15) is 5.82 Å². The lowest BCUT2D eigenvalue weighted by molar-refractivity contribution is 0.199. The third-order valence-electron chi connectivity index (χ3n) is 3.67. The molecule has 1 aliphatic heterocycles. The van der Waals surface area contributed by atoms with E-state index in [2.05, 4.69) is 10.2 Å². The molecule has 1 unspecified atom stereocenters. The van der Waals surface area contributed by atoms with Crippen molar-refractivity contribution in [3.8, 4) is 0 Å². The molecule has 1 N–H and O–H groups in total. The number of rotatable bonds is 7. The van der Waals surface area contributed by atoms with E-state index < -0.39 is 0 Å². The molecule has 0 amide bonds. The van der Waals surface area contributed by atoms with Crippen LogP contribution in [0.25, 0.3) is 0 Å². The van der Waals surface area contributed by atoms with Crippen LogP contribution in [0.1, 0.15) is 12.0 Å². The van der Waals surface area contributed by atoms with Crippen molar-refractivity contribution in [1.29, 1.82) is 0 Å². The van der Waals surface area contributed by atoms with Crippen molar-refractivity contribution < 1.29 is 9.13 Å². The maximum atomic E-state index is 14.2. The van der Waals surface area contributed by atoms with E-state index >= 15 is 0 Å². The third-order valence-corrected chi connectivity index (χ3v) is 4.82. The Kier molecular flexibility index (Phi) is 6.13. The minimum Gasteiger partial charge on any atom is -0.383 e. The van der Waals surface area contributed by atoms with Gasteiger partial charge in [-0.3, -0.25) is 0 Å². The molecule has 0 bridgehead atoms. The minimum atomic E-state index is -0.129. The molecule has 5 heteroatoms. The van der Waals surface area contributed by atoms with Crippen molar-refractivity contribution in [1.82, 2.24) is 5.32 Å². The summed E-state index contributed by atoms with van der Waals surface area (Å²) in [6, 6.07) is 5.77. The van der Waals surface area contributed by atoms with E-state index in [0.29, 0.717) is 19.2 Å². The fourth-order valence-corrected chi connectivity index (χ4v) is 3.77. The first-order valence-electron chi connectivity index (χ1n) is 7.01. The summed E-state index contributed by atoms with van der Waals surface area (Å²) in [5, 5.41) is 3.29. The molecule has 0 aliphatic carbocycles. The lowest BCUT2D eigenvalue weighted by Crippen LogP contribution is -2.33. The molecule has 0 radical (unpaired) electrons. The molecule has 2 rings (SSSR count). The number of nitrogens with zero attached hydrogens (tertiary/aromatic N) is 1. The van der Waals surface area contributed by atoms with Gasteiger partial charge in [0.25, 0.3) is 0 Å². The molecule has 3 nitrogen and oxygen atoms in total.